The van der Waals surface area contributed by atoms with Crippen LogP contribution in [0.5, 0.6) is 0 Å². The molecule has 0 spiro atoms. The van der Waals surface area contributed by atoms with Crippen molar-refractivity contribution in [3.8, 4) is 0 Å². The highest BCUT2D eigenvalue weighted by Crippen LogP contribution is 2.24. The summed E-state index contributed by atoms with van der Waals surface area (Å²) >= 11 is 0. The normalized spacial score (nSPS) is 14.3. The third kappa shape index (κ3) is 0.843. The molecule has 0 radical (unpaired) electrons. The summed E-state index contributed by atoms with van der Waals surface area (Å²) in [6.45, 7) is 4.40. The van der Waals surface area contributed by atoms with Gasteiger partial charge < -0.3 is 4.74 Å². The lowest BCUT2D eigenvalue weighted by molar-refractivity contribution is 0.0534. The molecule has 0 unspecified atom stereocenters. The van der Waals surface area contributed by atoms with Crippen LogP contribution < -0.4 is 0 Å². The smallest absolute Gasteiger partial charge is 0.339 e. The molecule has 2 heteroatoms. The molecular weight excluding hydrogens is 152 g/mol. The van der Waals surface area contributed by atoms with Crippen molar-refractivity contribution < 1.29 is 9.53 Å². The number of rotatable bonds is 0. The highest BCUT2D eigenvalue weighted by Gasteiger charge is 2.23. The van der Waals surface area contributed by atoms with Gasteiger partial charge in [0, 0.05) is 5.56 Å². The van der Waals surface area contributed by atoms with Gasteiger partial charge in [0.2, 0.25) is 0 Å². The van der Waals surface area contributed by atoms with E-state index in [0.29, 0.717) is 6.61 Å². The summed E-state index contributed by atoms with van der Waals surface area (Å²) in [6.07, 6.45) is 0. The molecule has 0 fully saturated rings. The van der Waals surface area contributed by atoms with Crippen LogP contribution in [0.1, 0.15) is 27.0 Å². The first-order valence-corrected chi connectivity index (χ1v) is 3.96. The second kappa shape index (κ2) is 2.34. The number of hydrogen-bond acceptors (Lipinski definition) is 2. The highest BCUT2D eigenvalue weighted by atomic mass is 16.5. The first-order valence-electron chi connectivity index (χ1n) is 3.96. The molecule has 1 aromatic carbocycles. The lowest BCUT2D eigenvalue weighted by Crippen LogP contribution is -1.98. The largest absolute Gasteiger partial charge is 0.457 e. The van der Waals surface area contributed by atoms with Crippen LogP contribution in [0.2, 0.25) is 0 Å². The minimum absolute atomic E-state index is 0.175. The molecule has 12 heavy (non-hydrogen) atoms. The fraction of sp³-hybridized carbons (Fsp3) is 0.300. The van der Waals surface area contributed by atoms with Crippen molar-refractivity contribution >= 4 is 5.97 Å². The lowest BCUT2D eigenvalue weighted by atomic mass is 10.00. The Balaban J connectivity index is 2.71. The SMILES string of the molecule is Cc1ccc2c(c1C)C(=O)OC2. The Morgan fingerprint density at radius 1 is 1.33 bits per heavy atom. The van der Waals surface area contributed by atoms with Crippen molar-refractivity contribution in [3.63, 3.8) is 0 Å². The fourth-order valence-electron chi connectivity index (χ4n) is 1.49. The van der Waals surface area contributed by atoms with Crippen LogP contribution in [0.25, 0.3) is 0 Å². The summed E-state index contributed by atoms with van der Waals surface area (Å²) in [7, 11) is 0. The summed E-state index contributed by atoms with van der Waals surface area (Å²) in [6, 6.07) is 3.98. The maximum Gasteiger partial charge on any atom is 0.339 e. The van der Waals surface area contributed by atoms with Gasteiger partial charge in [0.05, 0.1) is 5.56 Å². The number of carbonyl (C=O) groups excluding carboxylic acids is 1. The van der Waals surface area contributed by atoms with Gasteiger partial charge in [-0.3, -0.25) is 0 Å². The Morgan fingerprint density at radius 2 is 2.08 bits per heavy atom. The third-order valence-electron chi connectivity index (χ3n) is 2.39. The molecule has 0 saturated carbocycles. The highest BCUT2D eigenvalue weighted by molar-refractivity contribution is 5.95. The van der Waals surface area contributed by atoms with Crippen molar-refractivity contribution in [2.45, 2.75) is 20.5 Å². The lowest BCUT2D eigenvalue weighted by Gasteiger charge is -2.02. The first-order chi connectivity index (χ1) is 5.70. The Hall–Kier alpha value is -1.31. The van der Waals surface area contributed by atoms with Gasteiger partial charge in [-0.15, -0.1) is 0 Å². The molecule has 0 bridgehead atoms. The Labute approximate surface area is 71.2 Å². The van der Waals surface area contributed by atoms with Crippen LogP contribution in [0.15, 0.2) is 12.1 Å². The van der Waals surface area contributed by atoms with Crippen LogP contribution in [0.3, 0.4) is 0 Å². The van der Waals surface area contributed by atoms with Crippen molar-refractivity contribution in [2.75, 3.05) is 0 Å². The molecule has 0 aliphatic carbocycles. The number of aryl methyl sites for hydroxylation is 1. The van der Waals surface area contributed by atoms with Crippen LogP contribution in [0, 0.1) is 13.8 Å². The summed E-state index contributed by atoms with van der Waals surface area (Å²) in [5.41, 5.74) is 3.99. The standard InChI is InChI=1S/C10H10O2/c1-6-3-4-8-5-12-10(11)9(8)7(6)2/h3-4H,5H2,1-2H3. The minimum Gasteiger partial charge on any atom is -0.457 e. The van der Waals surface area contributed by atoms with Crippen LogP contribution in [-0.4, -0.2) is 5.97 Å². The average Bonchev–Trinajstić information content (AvgIpc) is 2.41. The number of fused-ring (bicyclic) bond motifs is 1. The predicted molar refractivity (Wildman–Crippen MR) is 45.0 cm³/mol. The Bertz CT molecular complexity index is 353. The fourth-order valence-corrected chi connectivity index (χ4v) is 1.49. The molecule has 1 aliphatic heterocycles. The van der Waals surface area contributed by atoms with E-state index in [1.165, 1.54) is 0 Å². The van der Waals surface area contributed by atoms with E-state index >= 15 is 0 Å². The van der Waals surface area contributed by atoms with Crippen molar-refractivity contribution in [3.05, 3.63) is 34.4 Å². The van der Waals surface area contributed by atoms with E-state index in [0.717, 1.165) is 22.3 Å². The third-order valence-corrected chi connectivity index (χ3v) is 2.39. The molecule has 1 heterocycles. The van der Waals surface area contributed by atoms with E-state index in [1.807, 2.05) is 26.0 Å². The van der Waals surface area contributed by atoms with E-state index < -0.39 is 0 Å². The summed E-state index contributed by atoms with van der Waals surface area (Å²) in [4.78, 5) is 11.2. The molecule has 2 rings (SSSR count). The van der Waals surface area contributed by atoms with E-state index in [-0.39, 0.29) is 5.97 Å². The Kier molecular flexibility index (Phi) is 1.43. The average molecular weight is 162 g/mol. The van der Waals surface area contributed by atoms with Crippen molar-refractivity contribution in [1.29, 1.82) is 0 Å². The number of benzene rings is 1. The molecule has 1 aromatic rings. The van der Waals surface area contributed by atoms with Gasteiger partial charge in [0.25, 0.3) is 0 Å². The zero-order valence-corrected chi connectivity index (χ0v) is 7.18. The second-order valence-corrected chi connectivity index (χ2v) is 3.12. The van der Waals surface area contributed by atoms with Crippen molar-refractivity contribution in [2.24, 2.45) is 0 Å². The van der Waals surface area contributed by atoms with Crippen LogP contribution in [-0.2, 0) is 11.3 Å². The molecule has 0 amide bonds. The van der Waals surface area contributed by atoms with Crippen molar-refractivity contribution in [1.82, 2.24) is 0 Å². The molecule has 0 atom stereocenters. The van der Waals surface area contributed by atoms with Gasteiger partial charge in [-0.1, -0.05) is 12.1 Å². The first kappa shape index (κ1) is 7.35. The van der Waals surface area contributed by atoms with Crippen LogP contribution >= 0.6 is 0 Å². The maximum atomic E-state index is 11.2. The summed E-state index contributed by atoms with van der Waals surface area (Å²) in [5.74, 6) is -0.175. The zero-order valence-electron chi connectivity index (χ0n) is 7.18. The van der Waals surface area contributed by atoms with E-state index in [9.17, 15) is 4.79 Å². The van der Waals surface area contributed by atoms with E-state index in [4.69, 9.17) is 4.74 Å². The molecule has 62 valence electrons. The van der Waals surface area contributed by atoms with E-state index in [1.54, 1.807) is 0 Å². The van der Waals surface area contributed by atoms with Gasteiger partial charge in [0.15, 0.2) is 0 Å². The van der Waals surface area contributed by atoms with Gasteiger partial charge in [-0.2, -0.15) is 0 Å². The number of hydrogen-bond donors (Lipinski definition) is 0. The quantitative estimate of drug-likeness (QED) is 0.545. The molecule has 0 N–H and O–H groups in total. The number of ether oxygens (including phenoxy) is 1. The minimum atomic E-state index is -0.175. The van der Waals surface area contributed by atoms with Crippen LogP contribution in [0.4, 0.5) is 0 Å². The van der Waals surface area contributed by atoms with Gasteiger partial charge in [-0.05, 0) is 25.0 Å². The summed E-state index contributed by atoms with van der Waals surface area (Å²) < 4.78 is 4.92. The molecule has 0 saturated heterocycles. The zero-order chi connectivity index (χ0) is 8.72. The molecule has 1 aliphatic rings. The number of carbonyl (C=O) groups is 1. The number of cyclic esters (lactones) is 1. The summed E-state index contributed by atoms with van der Waals surface area (Å²) in [5, 5.41) is 0. The Morgan fingerprint density at radius 3 is 2.83 bits per heavy atom. The second-order valence-electron chi connectivity index (χ2n) is 3.12. The topological polar surface area (TPSA) is 26.3 Å². The molecule has 2 nitrogen and oxygen atoms in total. The van der Waals surface area contributed by atoms with Gasteiger partial charge in [0.1, 0.15) is 6.61 Å². The number of esters is 1. The predicted octanol–water partition coefficient (Wildman–Crippen LogP) is 1.97. The van der Waals surface area contributed by atoms with Gasteiger partial charge >= 0.3 is 5.97 Å². The molecular formula is C10H10O2. The maximum absolute atomic E-state index is 11.2. The van der Waals surface area contributed by atoms with Gasteiger partial charge in [-0.25, -0.2) is 4.79 Å². The van der Waals surface area contributed by atoms with E-state index in [2.05, 4.69) is 0 Å². The monoisotopic (exact) mass is 162 g/mol. The molecule has 0 aromatic heterocycles.